The van der Waals surface area contributed by atoms with Crippen LogP contribution < -0.4 is 0 Å². The molecule has 0 radical (unpaired) electrons. The number of nitrogens with zero attached hydrogens (tertiary/aromatic N) is 4. The summed E-state index contributed by atoms with van der Waals surface area (Å²) in [6.07, 6.45) is 7.01. The molecule has 4 aromatic rings. The van der Waals surface area contributed by atoms with Gasteiger partial charge < -0.3 is 13.7 Å². The zero-order chi connectivity index (χ0) is 20.8. The van der Waals surface area contributed by atoms with Crippen LogP contribution in [-0.4, -0.2) is 39.1 Å². The molecule has 7 heteroatoms. The quantitative estimate of drug-likeness (QED) is 0.425. The molecule has 0 spiro atoms. The minimum Gasteiger partial charge on any atom is -0.468 e. The van der Waals surface area contributed by atoms with E-state index in [9.17, 15) is 4.79 Å². The third-order valence-electron chi connectivity index (χ3n) is 4.78. The van der Waals surface area contributed by atoms with Gasteiger partial charge in [-0.05, 0) is 36.4 Å². The molecule has 0 bridgehead atoms. The molecule has 0 saturated heterocycles. The second kappa shape index (κ2) is 9.28. The summed E-state index contributed by atoms with van der Waals surface area (Å²) < 4.78 is 12.7. The lowest BCUT2D eigenvalue weighted by Crippen LogP contribution is -2.37. The van der Waals surface area contributed by atoms with E-state index in [0.717, 1.165) is 22.8 Å². The van der Waals surface area contributed by atoms with E-state index in [1.54, 1.807) is 30.7 Å². The monoisotopic (exact) mass is 404 g/mol. The number of carbonyl (C=O) groups excluding carboxylic acids is 1. The maximum atomic E-state index is 12.9. The molecule has 0 aliphatic carbocycles. The SMILES string of the molecule is CN(Cc1cnn(-c2ccccc2)c1)C(=O)CN(Cc1ccco1)Cc1ccco1. The van der Waals surface area contributed by atoms with Crippen LogP contribution in [0, 0.1) is 0 Å². The number of likely N-dealkylation sites (N-methyl/N-ethyl adjacent to an activating group) is 1. The Balaban J connectivity index is 1.38. The van der Waals surface area contributed by atoms with Gasteiger partial charge in [0.15, 0.2) is 0 Å². The number of aromatic nitrogens is 2. The van der Waals surface area contributed by atoms with Gasteiger partial charge in [-0.1, -0.05) is 18.2 Å². The summed E-state index contributed by atoms with van der Waals surface area (Å²) in [7, 11) is 1.81. The summed E-state index contributed by atoms with van der Waals surface area (Å²) in [5.74, 6) is 1.63. The van der Waals surface area contributed by atoms with Gasteiger partial charge in [0.25, 0.3) is 0 Å². The number of carbonyl (C=O) groups is 1. The summed E-state index contributed by atoms with van der Waals surface area (Å²) >= 11 is 0. The number of benzene rings is 1. The van der Waals surface area contributed by atoms with Crippen LogP contribution in [0.5, 0.6) is 0 Å². The van der Waals surface area contributed by atoms with Crippen molar-refractivity contribution in [2.24, 2.45) is 0 Å². The lowest BCUT2D eigenvalue weighted by atomic mass is 10.3. The Labute approximate surface area is 175 Å². The molecule has 3 heterocycles. The highest BCUT2D eigenvalue weighted by molar-refractivity contribution is 5.78. The topological polar surface area (TPSA) is 67.7 Å². The van der Waals surface area contributed by atoms with E-state index < -0.39 is 0 Å². The fourth-order valence-corrected chi connectivity index (χ4v) is 3.25. The van der Waals surface area contributed by atoms with Crippen molar-refractivity contribution in [2.75, 3.05) is 13.6 Å². The number of hydrogen-bond donors (Lipinski definition) is 0. The van der Waals surface area contributed by atoms with E-state index in [1.165, 1.54) is 0 Å². The van der Waals surface area contributed by atoms with E-state index in [0.29, 0.717) is 19.6 Å². The van der Waals surface area contributed by atoms with Gasteiger partial charge in [-0.2, -0.15) is 5.10 Å². The molecule has 1 aromatic carbocycles. The molecule has 0 atom stereocenters. The zero-order valence-electron chi connectivity index (χ0n) is 16.8. The zero-order valence-corrected chi connectivity index (χ0v) is 16.8. The van der Waals surface area contributed by atoms with Gasteiger partial charge in [0, 0.05) is 25.4 Å². The van der Waals surface area contributed by atoms with Crippen molar-refractivity contribution in [2.45, 2.75) is 19.6 Å². The fraction of sp³-hybridized carbons (Fsp3) is 0.217. The van der Waals surface area contributed by atoms with Gasteiger partial charge in [-0.15, -0.1) is 0 Å². The number of hydrogen-bond acceptors (Lipinski definition) is 5. The normalized spacial score (nSPS) is 11.1. The molecule has 0 N–H and O–H groups in total. The number of para-hydroxylation sites is 1. The van der Waals surface area contributed by atoms with Gasteiger partial charge in [-0.25, -0.2) is 4.68 Å². The molecule has 1 amide bonds. The van der Waals surface area contributed by atoms with Gasteiger partial charge in [0.1, 0.15) is 11.5 Å². The first-order chi connectivity index (χ1) is 14.7. The standard InChI is InChI=1S/C23H24N4O3/c1-25(14-19-13-24-27(15-19)20-7-3-2-4-8-20)23(28)18-26(16-21-9-5-11-29-21)17-22-10-6-12-30-22/h2-13,15H,14,16-18H2,1H3. The van der Waals surface area contributed by atoms with Crippen molar-refractivity contribution in [3.63, 3.8) is 0 Å². The molecule has 0 unspecified atom stereocenters. The minimum absolute atomic E-state index is 0.0144. The highest BCUT2D eigenvalue weighted by Gasteiger charge is 2.18. The molecule has 7 nitrogen and oxygen atoms in total. The van der Waals surface area contributed by atoms with Crippen molar-refractivity contribution >= 4 is 5.91 Å². The molecule has 0 aliphatic heterocycles. The lowest BCUT2D eigenvalue weighted by Gasteiger charge is -2.23. The van der Waals surface area contributed by atoms with E-state index >= 15 is 0 Å². The van der Waals surface area contributed by atoms with Crippen molar-refractivity contribution in [3.8, 4) is 5.69 Å². The maximum Gasteiger partial charge on any atom is 0.236 e. The van der Waals surface area contributed by atoms with Gasteiger partial charge in [-0.3, -0.25) is 9.69 Å². The van der Waals surface area contributed by atoms with Crippen LogP contribution in [0.15, 0.2) is 88.4 Å². The molecule has 4 rings (SSSR count). The molecule has 30 heavy (non-hydrogen) atoms. The van der Waals surface area contributed by atoms with Gasteiger partial charge in [0.2, 0.25) is 5.91 Å². The molecular weight excluding hydrogens is 380 g/mol. The molecule has 3 aromatic heterocycles. The molecular formula is C23H24N4O3. The summed E-state index contributed by atoms with van der Waals surface area (Å²) in [6.45, 7) is 1.80. The Morgan fingerprint density at radius 1 is 0.933 bits per heavy atom. The largest absolute Gasteiger partial charge is 0.468 e. The van der Waals surface area contributed by atoms with Crippen LogP contribution in [0.1, 0.15) is 17.1 Å². The molecule has 154 valence electrons. The fourth-order valence-electron chi connectivity index (χ4n) is 3.25. The van der Waals surface area contributed by atoms with Crippen molar-refractivity contribution in [1.82, 2.24) is 19.6 Å². The third-order valence-corrected chi connectivity index (χ3v) is 4.78. The molecule has 0 aliphatic rings. The van der Waals surface area contributed by atoms with Crippen molar-refractivity contribution in [3.05, 3.63) is 96.6 Å². The molecule has 0 fully saturated rings. The van der Waals surface area contributed by atoms with Gasteiger partial charge in [0.05, 0.1) is 44.0 Å². The predicted molar refractivity (Wildman–Crippen MR) is 112 cm³/mol. The van der Waals surface area contributed by atoms with Crippen LogP contribution in [-0.2, 0) is 24.4 Å². The number of rotatable bonds is 9. The maximum absolute atomic E-state index is 12.9. The Morgan fingerprint density at radius 2 is 1.60 bits per heavy atom. The highest BCUT2D eigenvalue weighted by atomic mass is 16.3. The first kappa shape index (κ1) is 19.7. The Bertz CT molecular complexity index is 1000. The summed E-state index contributed by atoms with van der Waals surface area (Å²) in [5.41, 5.74) is 1.96. The predicted octanol–water partition coefficient (Wildman–Crippen LogP) is 3.72. The average Bonchev–Trinajstić information content (AvgIpc) is 3.52. The Hall–Kier alpha value is -3.58. The highest BCUT2D eigenvalue weighted by Crippen LogP contribution is 2.13. The van der Waals surface area contributed by atoms with Crippen LogP contribution in [0.4, 0.5) is 0 Å². The van der Waals surface area contributed by atoms with E-state index in [-0.39, 0.29) is 12.5 Å². The summed E-state index contributed by atoms with van der Waals surface area (Å²) in [5, 5.41) is 4.40. The smallest absolute Gasteiger partial charge is 0.236 e. The summed E-state index contributed by atoms with van der Waals surface area (Å²) in [4.78, 5) is 16.6. The minimum atomic E-state index is 0.0144. The first-order valence-corrected chi connectivity index (χ1v) is 9.77. The lowest BCUT2D eigenvalue weighted by molar-refractivity contribution is -0.132. The first-order valence-electron chi connectivity index (χ1n) is 9.77. The second-order valence-electron chi connectivity index (χ2n) is 7.18. The van der Waals surface area contributed by atoms with E-state index in [1.807, 2.05) is 70.4 Å². The second-order valence-corrected chi connectivity index (χ2v) is 7.18. The van der Waals surface area contributed by atoms with Crippen molar-refractivity contribution in [1.29, 1.82) is 0 Å². The Morgan fingerprint density at radius 3 is 2.20 bits per heavy atom. The van der Waals surface area contributed by atoms with Gasteiger partial charge >= 0.3 is 0 Å². The average molecular weight is 404 g/mol. The van der Waals surface area contributed by atoms with Crippen LogP contribution in [0.2, 0.25) is 0 Å². The Kier molecular flexibility index (Phi) is 6.10. The van der Waals surface area contributed by atoms with Crippen LogP contribution in [0.25, 0.3) is 5.69 Å². The third kappa shape index (κ3) is 5.07. The van der Waals surface area contributed by atoms with E-state index in [4.69, 9.17) is 8.83 Å². The molecule has 0 saturated carbocycles. The number of amides is 1. The number of furan rings is 2. The van der Waals surface area contributed by atoms with Crippen LogP contribution >= 0.6 is 0 Å². The van der Waals surface area contributed by atoms with E-state index in [2.05, 4.69) is 5.10 Å². The summed E-state index contributed by atoms with van der Waals surface area (Å²) in [6, 6.07) is 17.4. The van der Waals surface area contributed by atoms with Crippen molar-refractivity contribution < 1.29 is 13.6 Å². The van der Waals surface area contributed by atoms with Crippen LogP contribution in [0.3, 0.4) is 0 Å².